The molecular formula is C15H23N3. The van der Waals surface area contributed by atoms with Gasteiger partial charge in [0.25, 0.3) is 0 Å². The van der Waals surface area contributed by atoms with Gasteiger partial charge < -0.3 is 10.2 Å². The summed E-state index contributed by atoms with van der Waals surface area (Å²) in [5.74, 6) is 1.04. The third-order valence-electron chi connectivity index (χ3n) is 3.18. The Morgan fingerprint density at radius 1 is 1.50 bits per heavy atom. The minimum Gasteiger partial charge on any atom is -0.350 e. The maximum atomic E-state index is 4.73. The zero-order valence-electron chi connectivity index (χ0n) is 11.4. The Labute approximate surface area is 110 Å². The van der Waals surface area contributed by atoms with Crippen molar-refractivity contribution in [2.45, 2.75) is 45.3 Å². The van der Waals surface area contributed by atoms with Crippen LogP contribution in [0.2, 0.25) is 0 Å². The molecule has 0 saturated heterocycles. The van der Waals surface area contributed by atoms with Crippen LogP contribution in [0.4, 0.5) is 5.82 Å². The average molecular weight is 245 g/mol. The molecule has 2 rings (SSSR count). The van der Waals surface area contributed by atoms with Crippen molar-refractivity contribution in [1.29, 1.82) is 0 Å². The van der Waals surface area contributed by atoms with Gasteiger partial charge >= 0.3 is 0 Å². The van der Waals surface area contributed by atoms with Gasteiger partial charge in [0.1, 0.15) is 5.82 Å². The molecule has 0 unspecified atom stereocenters. The highest BCUT2D eigenvalue weighted by Crippen LogP contribution is 2.20. The highest BCUT2D eigenvalue weighted by atomic mass is 15.2. The quantitative estimate of drug-likeness (QED) is 0.749. The molecule has 18 heavy (non-hydrogen) atoms. The predicted molar refractivity (Wildman–Crippen MR) is 76.8 cm³/mol. The van der Waals surface area contributed by atoms with Crippen LogP contribution in [0.3, 0.4) is 0 Å². The molecule has 1 N–H and O–H groups in total. The Bertz CT molecular complexity index is 396. The fourth-order valence-corrected chi connectivity index (χ4v) is 1.97. The van der Waals surface area contributed by atoms with Crippen molar-refractivity contribution >= 4 is 5.82 Å². The van der Waals surface area contributed by atoms with E-state index < -0.39 is 0 Å². The summed E-state index contributed by atoms with van der Waals surface area (Å²) in [7, 11) is 0. The SMILES string of the molecule is C=CCN(c1cccc(CNC2CC2)n1)C(C)C. The van der Waals surface area contributed by atoms with Gasteiger partial charge in [0.15, 0.2) is 0 Å². The molecule has 0 amide bonds. The molecule has 3 nitrogen and oxygen atoms in total. The maximum absolute atomic E-state index is 4.73. The van der Waals surface area contributed by atoms with Crippen molar-refractivity contribution in [1.82, 2.24) is 10.3 Å². The first-order valence-corrected chi connectivity index (χ1v) is 6.77. The number of pyridine rings is 1. The van der Waals surface area contributed by atoms with Gasteiger partial charge in [-0.05, 0) is 38.8 Å². The second-order valence-corrected chi connectivity index (χ2v) is 5.18. The van der Waals surface area contributed by atoms with E-state index in [9.17, 15) is 0 Å². The second-order valence-electron chi connectivity index (χ2n) is 5.18. The summed E-state index contributed by atoms with van der Waals surface area (Å²) in [6, 6.07) is 7.41. The Balaban J connectivity index is 2.05. The molecule has 3 heteroatoms. The minimum atomic E-state index is 0.433. The lowest BCUT2D eigenvalue weighted by molar-refractivity contribution is 0.666. The fraction of sp³-hybridized carbons (Fsp3) is 0.533. The standard InChI is InChI=1S/C15H23N3/c1-4-10-18(12(2)3)15-7-5-6-14(17-15)11-16-13-8-9-13/h4-7,12-13,16H,1,8-11H2,2-3H3. The lowest BCUT2D eigenvalue weighted by Gasteiger charge is -2.26. The molecule has 0 atom stereocenters. The Hall–Kier alpha value is -1.35. The molecule has 98 valence electrons. The zero-order chi connectivity index (χ0) is 13.0. The van der Waals surface area contributed by atoms with Crippen molar-refractivity contribution in [2.24, 2.45) is 0 Å². The van der Waals surface area contributed by atoms with Crippen LogP contribution in [0.1, 0.15) is 32.4 Å². The van der Waals surface area contributed by atoms with Crippen LogP contribution in [0, 0.1) is 0 Å². The van der Waals surface area contributed by atoms with Gasteiger partial charge in [-0.25, -0.2) is 4.98 Å². The van der Waals surface area contributed by atoms with Crippen LogP contribution in [-0.2, 0) is 6.54 Å². The number of nitrogens with zero attached hydrogens (tertiary/aromatic N) is 2. The smallest absolute Gasteiger partial charge is 0.129 e. The summed E-state index contributed by atoms with van der Waals surface area (Å²) in [5.41, 5.74) is 1.12. The van der Waals surface area contributed by atoms with Crippen molar-refractivity contribution in [3.05, 3.63) is 36.5 Å². The monoisotopic (exact) mass is 245 g/mol. The van der Waals surface area contributed by atoms with Crippen LogP contribution >= 0.6 is 0 Å². The number of nitrogens with one attached hydrogen (secondary N) is 1. The van der Waals surface area contributed by atoms with Crippen molar-refractivity contribution in [2.75, 3.05) is 11.4 Å². The molecule has 1 saturated carbocycles. The van der Waals surface area contributed by atoms with Gasteiger partial charge in [-0.1, -0.05) is 12.1 Å². The van der Waals surface area contributed by atoms with Crippen molar-refractivity contribution in [3.63, 3.8) is 0 Å². The van der Waals surface area contributed by atoms with E-state index in [0.717, 1.165) is 30.6 Å². The first-order valence-electron chi connectivity index (χ1n) is 6.77. The summed E-state index contributed by atoms with van der Waals surface area (Å²) >= 11 is 0. The first kappa shape index (κ1) is 13.1. The zero-order valence-corrected chi connectivity index (χ0v) is 11.4. The highest BCUT2D eigenvalue weighted by Gasteiger charge is 2.20. The second kappa shape index (κ2) is 6.01. The summed E-state index contributed by atoms with van der Waals surface area (Å²) in [5, 5.41) is 3.50. The average Bonchev–Trinajstić information content (AvgIpc) is 3.17. The lowest BCUT2D eigenvalue weighted by atomic mass is 10.2. The van der Waals surface area contributed by atoms with Crippen molar-refractivity contribution < 1.29 is 0 Å². The molecule has 0 spiro atoms. The third-order valence-corrected chi connectivity index (χ3v) is 3.18. The van der Waals surface area contributed by atoms with Gasteiger partial charge in [-0.15, -0.1) is 6.58 Å². The van der Waals surface area contributed by atoms with E-state index in [2.05, 4.69) is 48.8 Å². The van der Waals surface area contributed by atoms with Crippen molar-refractivity contribution in [3.8, 4) is 0 Å². The molecule has 1 aliphatic rings. The van der Waals surface area contributed by atoms with E-state index in [4.69, 9.17) is 4.98 Å². The van der Waals surface area contributed by atoms with Crippen LogP contribution in [-0.4, -0.2) is 23.6 Å². The van der Waals surface area contributed by atoms with Crippen LogP contribution in [0.15, 0.2) is 30.9 Å². The first-order chi connectivity index (χ1) is 8.70. The summed E-state index contributed by atoms with van der Waals surface area (Å²) in [4.78, 5) is 6.99. The van der Waals surface area contributed by atoms with Crippen LogP contribution < -0.4 is 10.2 Å². The maximum Gasteiger partial charge on any atom is 0.129 e. The molecule has 1 aromatic heterocycles. The molecular weight excluding hydrogens is 222 g/mol. The van der Waals surface area contributed by atoms with Crippen LogP contribution in [0.5, 0.6) is 0 Å². The number of hydrogen-bond acceptors (Lipinski definition) is 3. The van der Waals surface area contributed by atoms with E-state index in [0.29, 0.717) is 6.04 Å². The highest BCUT2D eigenvalue weighted by molar-refractivity contribution is 5.41. The molecule has 0 bridgehead atoms. The molecule has 1 aliphatic carbocycles. The molecule has 1 fully saturated rings. The molecule has 0 radical (unpaired) electrons. The molecule has 0 aliphatic heterocycles. The molecule has 0 aromatic carbocycles. The molecule has 1 aromatic rings. The van der Waals surface area contributed by atoms with E-state index in [1.54, 1.807) is 0 Å². The van der Waals surface area contributed by atoms with Gasteiger partial charge in [-0.3, -0.25) is 0 Å². The number of anilines is 1. The normalized spacial score (nSPS) is 14.8. The number of hydrogen-bond donors (Lipinski definition) is 1. The third kappa shape index (κ3) is 3.57. The van der Waals surface area contributed by atoms with Gasteiger partial charge in [0.05, 0.1) is 5.69 Å². The van der Waals surface area contributed by atoms with E-state index >= 15 is 0 Å². The summed E-state index contributed by atoms with van der Waals surface area (Å²) < 4.78 is 0. The largest absolute Gasteiger partial charge is 0.350 e. The minimum absolute atomic E-state index is 0.433. The number of rotatable bonds is 7. The Morgan fingerprint density at radius 2 is 2.28 bits per heavy atom. The number of aromatic nitrogens is 1. The van der Waals surface area contributed by atoms with E-state index in [1.807, 2.05) is 6.08 Å². The topological polar surface area (TPSA) is 28.2 Å². The van der Waals surface area contributed by atoms with Gasteiger partial charge in [0.2, 0.25) is 0 Å². The van der Waals surface area contributed by atoms with E-state index in [-0.39, 0.29) is 0 Å². The van der Waals surface area contributed by atoms with E-state index in [1.165, 1.54) is 12.8 Å². The van der Waals surface area contributed by atoms with Crippen LogP contribution in [0.25, 0.3) is 0 Å². The molecule has 1 heterocycles. The van der Waals surface area contributed by atoms with Gasteiger partial charge in [-0.2, -0.15) is 0 Å². The predicted octanol–water partition coefficient (Wildman–Crippen LogP) is 2.73. The summed E-state index contributed by atoms with van der Waals surface area (Å²) in [6.45, 7) is 9.89. The Morgan fingerprint density at radius 3 is 2.89 bits per heavy atom. The fourth-order valence-electron chi connectivity index (χ4n) is 1.97. The van der Waals surface area contributed by atoms with Gasteiger partial charge in [0, 0.05) is 25.2 Å². The Kier molecular flexibility index (Phi) is 4.37. The summed E-state index contributed by atoms with van der Waals surface area (Å²) in [6.07, 6.45) is 4.55. The lowest BCUT2D eigenvalue weighted by Crippen LogP contribution is -2.31.